The first-order chi connectivity index (χ1) is 5.95. The number of rotatable bonds is 2. The van der Waals surface area contributed by atoms with Crippen molar-refractivity contribution in [3.05, 3.63) is 36.5 Å². The summed E-state index contributed by atoms with van der Waals surface area (Å²) < 4.78 is 0. The summed E-state index contributed by atoms with van der Waals surface area (Å²) in [4.78, 5) is 1.14. The number of aromatic nitrogens is 3. The normalized spacial score (nSPS) is 10.0. The van der Waals surface area contributed by atoms with Gasteiger partial charge in [0.05, 0.1) is 6.20 Å². The minimum Gasteiger partial charge on any atom is -0.264 e. The Hall–Kier alpha value is -1.29. The molecule has 0 amide bonds. The molecule has 1 N–H and O–H groups in total. The van der Waals surface area contributed by atoms with Crippen molar-refractivity contribution in [3.63, 3.8) is 0 Å². The Balaban J connectivity index is 2.15. The molecule has 0 aliphatic heterocycles. The van der Waals surface area contributed by atoms with Crippen molar-refractivity contribution >= 4 is 11.8 Å². The van der Waals surface area contributed by atoms with E-state index in [4.69, 9.17) is 0 Å². The van der Waals surface area contributed by atoms with Crippen molar-refractivity contribution in [3.8, 4) is 0 Å². The highest BCUT2D eigenvalue weighted by Gasteiger charge is 1.97. The van der Waals surface area contributed by atoms with Crippen LogP contribution < -0.4 is 0 Å². The topological polar surface area (TPSA) is 41.6 Å². The highest BCUT2D eigenvalue weighted by Crippen LogP contribution is 2.23. The molecule has 0 aliphatic rings. The third kappa shape index (κ3) is 1.65. The van der Waals surface area contributed by atoms with Gasteiger partial charge in [0, 0.05) is 4.90 Å². The van der Waals surface area contributed by atoms with Crippen molar-refractivity contribution in [1.82, 2.24) is 15.4 Å². The highest BCUT2D eigenvalue weighted by molar-refractivity contribution is 7.99. The van der Waals surface area contributed by atoms with Crippen LogP contribution in [-0.4, -0.2) is 15.4 Å². The second-order valence-electron chi connectivity index (χ2n) is 2.15. The van der Waals surface area contributed by atoms with E-state index in [0.717, 1.165) is 9.92 Å². The lowest BCUT2D eigenvalue weighted by Crippen LogP contribution is -1.72. The van der Waals surface area contributed by atoms with Gasteiger partial charge >= 0.3 is 0 Å². The molecule has 0 spiro atoms. The first-order valence-corrected chi connectivity index (χ1v) is 4.27. The first kappa shape index (κ1) is 7.36. The summed E-state index contributed by atoms with van der Waals surface area (Å²) in [5, 5.41) is 11.0. The van der Waals surface area contributed by atoms with Gasteiger partial charge in [0.15, 0.2) is 0 Å². The van der Waals surface area contributed by atoms with Crippen molar-refractivity contribution in [2.45, 2.75) is 9.92 Å². The lowest BCUT2D eigenvalue weighted by atomic mass is 10.4. The molecule has 0 aliphatic carbocycles. The molecular formula is C8H6N3S. The van der Waals surface area contributed by atoms with Gasteiger partial charge in [-0.25, -0.2) is 0 Å². The van der Waals surface area contributed by atoms with E-state index in [-0.39, 0.29) is 0 Å². The highest BCUT2D eigenvalue weighted by atomic mass is 32.2. The summed E-state index contributed by atoms with van der Waals surface area (Å²) in [6.07, 6.45) is 1.77. The minimum absolute atomic E-state index is 0.876. The van der Waals surface area contributed by atoms with E-state index in [2.05, 4.69) is 21.5 Å². The zero-order chi connectivity index (χ0) is 8.23. The standard InChI is InChI=1S/C8H6N3S/c1-2-4-7(5-3-1)12-8-6-9-11-10-8/h2-6H,(H,9,10,11). The largest absolute Gasteiger partial charge is 0.264 e. The van der Waals surface area contributed by atoms with Gasteiger partial charge in [-0.3, -0.25) is 5.10 Å². The van der Waals surface area contributed by atoms with Crippen LogP contribution in [0.1, 0.15) is 0 Å². The molecule has 4 heteroatoms. The number of nitrogens with one attached hydrogen (secondary N) is 1. The lowest BCUT2D eigenvalue weighted by Gasteiger charge is -1.93. The molecule has 0 saturated heterocycles. The molecule has 0 atom stereocenters. The van der Waals surface area contributed by atoms with Crippen LogP contribution in [0.4, 0.5) is 0 Å². The van der Waals surface area contributed by atoms with Crippen LogP contribution >= 0.6 is 11.8 Å². The van der Waals surface area contributed by atoms with E-state index in [1.165, 1.54) is 0 Å². The number of benzene rings is 1. The summed E-state index contributed by atoms with van der Waals surface area (Å²) in [6, 6.07) is 10.7. The van der Waals surface area contributed by atoms with E-state index < -0.39 is 0 Å². The Labute approximate surface area is 74.2 Å². The lowest BCUT2D eigenvalue weighted by molar-refractivity contribution is 0.911. The van der Waals surface area contributed by atoms with Crippen molar-refractivity contribution < 1.29 is 0 Å². The fourth-order valence-corrected chi connectivity index (χ4v) is 1.51. The van der Waals surface area contributed by atoms with E-state index >= 15 is 0 Å². The predicted molar refractivity (Wildman–Crippen MR) is 45.8 cm³/mol. The van der Waals surface area contributed by atoms with E-state index in [1.54, 1.807) is 18.0 Å². The van der Waals surface area contributed by atoms with Crippen molar-refractivity contribution in [1.29, 1.82) is 0 Å². The zero-order valence-corrected chi connectivity index (χ0v) is 7.01. The van der Waals surface area contributed by atoms with Gasteiger partial charge in [-0.15, -0.1) is 5.10 Å². The molecule has 12 heavy (non-hydrogen) atoms. The SMILES string of the molecule is [c]1ccc(Sc2c[nH]nn2)cc1. The maximum atomic E-state index is 3.86. The monoisotopic (exact) mass is 176 g/mol. The van der Waals surface area contributed by atoms with Gasteiger partial charge < -0.3 is 0 Å². The number of nitrogens with zero attached hydrogens (tertiary/aromatic N) is 2. The van der Waals surface area contributed by atoms with Gasteiger partial charge in [0.1, 0.15) is 5.03 Å². The maximum absolute atomic E-state index is 3.86. The minimum atomic E-state index is 0.876. The molecule has 0 saturated carbocycles. The third-order valence-corrected chi connectivity index (χ3v) is 2.22. The molecule has 2 rings (SSSR count). The molecule has 0 bridgehead atoms. The summed E-state index contributed by atoms with van der Waals surface area (Å²) in [5.41, 5.74) is 0. The summed E-state index contributed by atoms with van der Waals surface area (Å²) in [6.45, 7) is 0. The van der Waals surface area contributed by atoms with Gasteiger partial charge in [-0.2, -0.15) is 0 Å². The Bertz CT molecular complexity index is 330. The van der Waals surface area contributed by atoms with Crippen LogP contribution in [0.15, 0.2) is 40.4 Å². The van der Waals surface area contributed by atoms with Crippen molar-refractivity contribution in [2.24, 2.45) is 0 Å². The van der Waals surface area contributed by atoms with Gasteiger partial charge in [-0.1, -0.05) is 29.1 Å². The van der Waals surface area contributed by atoms with Crippen LogP contribution in [0.3, 0.4) is 0 Å². The van der Waals surface area contributed by atoms with Gasteiger partial charge in [0.2, 0.25) is 0 Å². The maximum Gasteiger partial charge on any atom is 0.143 e. The number of hydrogen-bond acceptors (Lipinski definition) is 3. The Morgan fingerprint density at radius 2 is 2.17 bits per heavy atom. The average molecular weight is 176 g/mol. The van der Waals surface area contributed by atoms with Gasteiger partial charge in [-0.05, 0) is 18.2 Å². The smallest absolute Gasteiger partial charge is 0.143 e. The second kappa shape index (κ2) is 3.40. The fraction of sp³-hybridized carbons (Fsp3) is 0. The number of aromatic amines is 1. The molecule has 1 radical (unpaired) electrons. The fourth-order valence-electron chi connectivity index (χ4n) is 0.801. The first-order valence-electron chi connectivity index (χ1n) is 3.45. The molecule has 3 nitrogen and oxygen atoms in total. The molecule has 1 aromatic heterocycles. The molecular weight excluding hydrogens is 170 g/mol. The molecule has 1 heterocycles. The average Bonchev–Trinajstić information content (AvgIpc) is 2.59. The Morgan fingerprint density at radius 1 is 1.33 bits per heavy atom. The number of H-pyrrole nitrogens is 1. The molecule has 0 fully saturated rings. The summed E-state index contributed by atoms with van der Waals surface area (Å²) >= 11 is 1.57. The van der Waals surface area contributed by atoms with Crippen LogP contribution in [0.2, 0.25) is 0 Å². The van der Waals surface area contributed by atoms with Crippen molar-refractivity contribution in [2.75, 3.05) is 0 Å². The van der Waals surface area contributed by atoms with E-state index in [1.807, 2.05) is 24.3 Å². The van der Waals surface area contributed by atoms with E-state index in [9.17, 15) is 0 Å². The molecule has 59 valence electrons. The Kier molecular flexibility index (Phi) is 2.09. The Morgan fingerprint density at radius 3 is 2.83 bits per heavy atom. The molecule has 0 unspecified atom stereocenters. The molecule has 1 aromatic carbocycles. The molecule has 2 aromatic rings. The summed E-state index contributed by atoms with van der Waals surface area (Å²) in [7, 11) is 0. The number of hydrogen-bond donors (Lipinski definition) is 1. The van der Waals surface area contributed by atoms with Crippen LogP contribution in [0.25, 0.3) is 0 Å². The third-order valence-electron chi connectivity index (χ3n) is 1.30. The van der Waals surface area contributed by atoms with E-state index in [0.29, 0.717) is 0 Å². The van der Waals surface area contributed by atoms with Crippen LogP contribution in [-0.2, 0) is 0 Å². The predicted octanol–water partition coefficient (Wildman–Crippen LogP) is 1.76. The van der Waals surface area contributed by atoms with Crippen LogP contribution in [0.5, 0.6) is 0 Å². The summed E-state index contributed by atoms with van der Waals surface area (Å²) in [5.74, 6) is 0. The van der Waals surface area contributed by atoms with Crippen LogP contribution in [0, 0.1) is 6.07 Å². The second-order valence-corrected chi connectivity index (χ2v) is 3.24. The van der Waals surface area contributed by atoms with Gasteiger partial charge in [0.25, 0.3) is 0 Å². The quantitative estimate of drug-likeness (QED) is 0.758. The zero-order valence-electron chi connectivity index (χ0n) is 6.19.